The molecule has 0 spiro atoms. The van der Waals surface area contributed by atoms with Crippen LogP contribution in [0.3, 0.4) is 0 Å². The summed E-state index contributed by atoms with van der Waals surface area (Å²) in [6.45, 7) is 9.78. The Hall–Kier alpha value is -2.44. The van der Waals surface area contributed by atoms with Crippen LogP contribution in [0.1, 0.15) is 78.6 Å². The Morgan fingerprint density at radius 3 is 2.36 bits per heavy atom. The standard InChI is InChI=1S/C27H45N5O6S/c1-27(2,3)38-26(33)31-19-17-30(18-20-31)16-10-5-4-9-15-28-39(36,37)23-13-14-24(25(21-23)32(34)35)29-22-11-7-6-8-12-22/h13-14,21-22,28-29H,4-12,15-20H2,1-3H3. The van der Waals surface area contributed by atoms with Crippen molar-refractivity contribution in [2.75, 3.05) is 44.6 Å². The lowest BCUT2D eigenvalue weighted by molar-refractivity contribution is -0.384. The Bertz CT molecular complexity index is 1060. The summed E-state index contributed by atoms with van der Waals surface area (Å²) in [5.74, 6) is 0. The molecular formula is C27H45N5O6S. The number of carbonyl (C=O) groups is 1. The smallest absolute Gasteiger partial charge is 0.410 e. The van der Waals surface area contributed by atoms with Gasteiger partial charge in [-0.25, -0.2) is 17.9 Å². The van der Waals surface area contributed by atoms with Gasteiger partial charge in [-0.2, -0.15) is 0 Å². The van der Waals surface area contributed by atoms with E-state index in [1.54, 1.807) is 4.90 Å². The van der Waals surface area contributed by atoms with Crippen LogP contribution in [-0.2, 0) is 14.8 Å². The summed E-state index contributed by atoms with van der Waals surface area (Å²) in [6, 6.07) is 4.27. The molecular weight excluding hydrogens is 522 g/mol. The maximum Gasteiger partial charge on any atom is 0.410 e. The van der Waals surface area contributed by atoms with Crippen LogP contribution in [0, 0.1) is 10.1 Å². The van der Waals surface area contributed by atoms with E-state index in [0.717, 1.165) is 70.6 Å². The number of ether oxygens (including phenoxy) is 1. The molecule has 220 valence electrons. The monoisotopic (exact) mass is 567 g/mol. The highest BCUT2D eigenvalue weighted by Crippen LogP contribution is 2.30. The summed E-state index contributed by atoms with van der Waals surface area (Å²) in [6.07, 6.45) is 8.57. The quantitative estimate of drug-likeness (QED) is 0.210. The lowest BCUT2D eigenvalue weighted by Gasteiger charge is -2.35. The number of nitrogens with zero attached hydrogens (tertiary/aromatic N) is 3. The van der Waals surface area contributed by atoms with Crippen LogP contribution < -0.4 is 10.0 Å². The van der Waals surface area contributed by atoms with Crippen molar-refractivity contribution in [1.82, 2.24) is 14.5 Å². The number of nitro benzene ring substituents is 1. The Morgan fingerprint density at radius 2 is 1.72 bits per heavy atom. The summed E-state index contributed by atoms with van der Waals surface area (Å²) in [5, 5.41) is 14.9. The van der Waals surface area contributed by atoms with E-state index >= 15 is 0 Å². The van der Waals surface area contributed by atoms with Crippen LogP contribution in [0.25, 0.3) is 0 Å². The number of hydrogen-bond acceptors (Lipinski definition) is 8. The van der Waals surface area contributed by atoms with Gasteiger partial charge in [0.25, 0.3) is 5.69 Å². The van der Waals surface area contributed by atoms with Crippen molar-refractivity contribution < 1.29 is 22.9 Å². The molecule has 2 fully saturated rings. The Morgan fingerprint density at radius 1 is 1.05 bits per heavy atom. The van der Waals surface area contributed by atoms with Gasteiger partial charge in [-0.1, -0.05) is 32.1 Å². The second kappa shape index (κ2) is 14.3. The van der Waals surface area contributed by atoms with Crippen LogP contribution in [0.15, 0.2) is 23.1 Å². The first-order valence-corrected chi connectivity index (χ1v) is 15.7. The number of sulfonamides is 1. The summed E-state index contributed by atoms with van der Waals surface area (Å²) in [5.41, 5.74) is -0.330. The molecule has 2 N–H and O–H groups in total. The average Bonchev–Trinajstić information content (AvgIpc) is 2.88. The van der Waals surface area contributed by atoms with Gasteiger partial charge in [-0.3, -0.25) is 15.0 Å². The zero-order chi connectivity index (χ0) is 28.5. The first kappa shape index (κ1) is 31.1. The molecule has 1 aromatic carbocycles. The molecule has 2 aliphatic rings. The average molecular weight is 568 g/mol. The van der Waals surface area contributed by atoms with E-state index in [0.29, 0.717) is 25.2 Å². The van der Waals surface area contributed by atoms with Gasteiger partial charge in [0.15, 0.2) is 0 Å². The highest BCUT2D eigenvalue weighted by molar-refractivity contribution is 7.89. The highest BCUT2D eigenvalue weighted by Gasteiger charge is 2.26. The largest absolute Gasteiger partial charge is 0.444 e. The molecule has 3 rings (SSSR count). The minimum absolute atomic E-state index is 0.0890. The molecule has 1 aliphatic heterocycles. The molecule has 0 unspecified atom stereocenters. The first-order chi connectivity index (χ1) is 18.4. The number of benzene rings is 1. The van der Waals surface area contributed by atoms with Crippen molar-refractivity contribution in [2.24, 2.45) is 0 Å². The lowest BCUT2D eigenvalue weighted by Crippen LogP contribution is -2.50. The van der Waals surface area contributed by atoms with Crippen molar-refractivity contribution in [3.8, 4) is 0 Å². The van der Waals surface area contributed by atoms with Crippen LogP contribution in [-0.4, -0.2) is 80.1 Å². The second-order valence-corrected chi connectivity index (χ2v) is 13.3. The van der Waals surface area contributed by atoms with E-state index in [-0.39, 0.29) is 29.3 Å². The third-order valence-electron chi connectivity index (χ3n) is 7.16. The van der Waals surface area contributed by atoms with Crippen molar-refractivity contribution in [2.45, 2.75) is 95.1 Å². The number of rotatable bonds is 12. The summed E-state index contributed by atoms with van der Waals surface area (Å²) >= 11 is 0. The Balaban J connectivity index is 1.35. The van der Waals surface area contributed by atoms with Gasteiger partial charge in [-0.05, 0) is 65.1 Å². The molecule has 11 nitrogen and oxygen atoms in total. The molecule has 0 aromatic heterocycles. The van der Waals surface area contributed by atoms with Crippen molar-refractivity contribution in [3.63, 3.8) is 0 Å². The summed E-state index contributed by atoms with van der Waals surface area (Å²) in [7, 11) is -3.83. The molecule has 1 amide bonds. The molecule has 0 radical (unpaired) electrons. The van der Waals surface area contributed by atoms with Crippen LogP contribution in [0.2, 0.25) is 0 Å². The van der Waals surface area contributed by atoms with Crippen molar-refractivity contribution >= 4 is 27.5 Å². The zero-order valence-electron chi connectivity index (χ0n) is 23.6. The van der Waals surface area contributed by atoms with Gasteiger partial charge in [0.05, 0.1) is 9.82 Å². The molecule has 1 aromatic rings. The van der Waals surface area contributed by atoms with E-state index < -0.39 is 20.5 Å². The topological polar surface area (TPSA) is 134 Å². The minimum atomic E-state index is -3.83. The SMILES string of the molecule is CC(C)(C)OC(=O)N1CCN(CCCCCCNS(=O)(=O)c2ccc(NC3CCCCC3)c([N+](=O)[O-])c2)CC1. The number of anilines is 1. The fourth-order valence-corrected chi connectivity index (χ4v) is 6.10. The van der Waals surface area contributed by atoms with Gasteiger partial charge in [0, 0.05) is 44.8 Å². The van der Waals surface area contributed by atoms with Gasteiger partial charge >= 0.3 is 6.09 Å². The van der Waals surface area contributed by atoms with E-state index in [4.69, 9.17) is 4.74 Å². The molecule has 1 saturated heterocycles. The summed E-state index contributed by atoms with van der Waals surface area (Å²) < 4.78 is 33.5. The normalized spacial score (nSPS) is 17.7. The number of amides is 1. The maximum absolute atomic E-state index is 12.8. The lowest BCUT2D eigenvalue weighted by atomic mass is 9.95. The van der Waals surface area contributed by atoms with E-state index in [2.05, 4.69) is 14.9 Å². The van der Waals surface area contributed by atoms with Gasteiger partial charge in [0.2, 0.25) is 10.0 Å². The first-order valence-electron chi connectivity index (χ1n) is 14.2. The second-order valence-electron chi connectivity index (χ2n) is 11.5. The number of unbranched alkanes of at least 4 members (excludes halogenated alkanes) is 3. The highest BCUT2D eigenvalue weighted by atomic mass is 32.2. The van der Waals surface area contributed by atoms with Crippen molar-refractivity contribution in [1.29, 1.82) is 0 Å². The number of nitrogens with one attached hydrogen (secondary N) is 2. The van der Waals surface area contributed by atoms with Gasteiger partial charge in [0.1, 0.15) is 11.3 Å². The maximum atomic E-state index is 12.8. The van der Waals surface area contributed by atoms with E-state index in [1.807, 2.05) is 20.8 Å². The van der Waals surface area contributed by atoms with Crippen LogP contribution in [0.4, 0.5) is 16.2 Å². The molecule has 12 heteroatoms. The van der Waals surface area contributed by atoms with Gasteiger partial charge in [-0.15, -0.1) is 0 Å². The van der Waals surface area contributed by atoms with E-state index in [9.17, 15) is 23.3 Å². The predicted molar refractivity (Wildman–Crippen MR) is 151 cm³/mol. The van der Waals surface area contributed by atoms with E-state index in [1.165, 1.54) is 18.6 Å². The minimum Gasteiger partial charge on any atom is -0.444 e. The molecule has 0 bridgehead atoms. The summed E-state index contributed by atoms with van der Waals surface area (Å²) in [4.78, 5) is 27.3. The van der Waals surface area contributed by atoms with Crippen LogP contribution in [0.5, 0.6) is 0 Å². The number of piperazine rings is 1. The molecule has 0 atom stereocenters. The fourth-order valence-electron chi connectivity index (χ4n) is 5.00. The van der Waals surface area contributed by atoms with Crippen LogP contribution >= 0.6 is 0 Å². The molecule has 39 heavy (non-hydrogen) atoms. The molecule has 1 saturated carbocycles. The Labute approximate surface area is 232 Å². The predicted octanol–water partition coefficient (Wildman–Crippen LogP) is 4.73. The van der Waals surface area contributed by atoms with Gasteiger partial charge < -0.3 is 15.0 Å². The Kier molecular flexibility index (Phi) is 11.4. The molecule has 1 aliphatic carbocycles. The third-order valence-corrected chi connectivity index (χ3v) is 8.62. The number of nitro groups is 1. The number of carbonyl (C=O) groups excluding carboxylic acids is 1. The fraction of sp³-hybridized carbons (Fsp3) is 0.741. The zero-order valence-corrected chi connectivity index (χ0v) is 24.4. The number of hydrogen-bond donors (Lipinski definition) is 2. The third kappa shape index (κ3) is 10.2. The molecule has 1 heterocycles. The van der Waals surface area contributed by atoms with Crippen molar-refractivity contribution in [3.05, 3.63) is 28.3 Å².